The minimum Gasteiger partial charge on any atom is -0.302 e. The predicted octanol–water partition coefficient (Wildman–Crippen LogP) is 0.670. The van der Waals surface area contributed by atoms with E-state index >= 15 is 0 Å². The number of likely N-dealkylation sites (N-methyl/N-ethyl adjacent to an activating group) is 1. The molecule has 1 heterocycles. The van der Waals surface area contributed by atoms with Crippen molar-refractivity contribution in [3.63, 3.8) is 0 Å². The Hall–Kier alpha value is -0.370. The minimum absolute atomic E-state index is 0.231. The molecule has 52 valence electrons. The van der Waals surface area contributed by atoms with Gasteiger partial charge in [-0.15, -0.1) is 0 Å². The van der Waals surface area contributed by atoms with Crippen LogP contribution in [0.2, 0.25) is 0 Å². The number of hydrogen-bond acceptors (Lipinski definition) is 2. The fourth-order valence-electron chi connectivity index (χ4n) is 1.40. The summed E-state index contributed by atoms with van der Waals surface area (Å²) >= 11 is 0. The van der Waals surface area contributed by atoms with Gasteiger partial charge in [0.1, 0.15) is 6.29 Å². The molecule has 1 atom stereocenters. The van der Waals surface area contributed by atoms with Crippen molar-refractivity contribution < 1.29 is 4.79 Å². The third-order valence-corrected chi connectivity index (χ3v) is 1.98. The summed E-state index contributed by atoms with van der Waals surface area (Å²) in [7, 11) is 0. The highest BCUT2D eigenvalue weighted by molar-refractivity contribution is 5.58. The molecule has 2 nitrogen and oxygen atoms in total. The average molecular weight is 127 g/mol. The molecule has 0 bridgehead atoms. The minimum atomic E-state index is 0.231. The maximum Gasteiger partial charge on any atom is 0.137 e. The number of rotatable bonds is 2. The largest absolute Gasteiger partial charge is 0.302 e. The smallest absolute Gasteiger partial charge is 0.137 e. The zero-order chi connectivity index (χ0) is 6.69. The molecular weight excluding hydrogens is 114 g/mol. The van der Waals surface area contributed by atoms with Crippen LogP contribution in [-0.4, -0.2) is 30.3 Å². The lowest BCUT2D eigenvalue weighted by atomic mass is 10.2. The molecule has 0 aliphatic carbocycles. The van der Waals surface area contributed by atoms with Crippen LogP contribution in [0.25, 0.3) is 0 Å². The molecule has 0 radical (unpaired) electrons. The molecule has 0 unspecified atom stereocenters. The predicted molar refractivity (Wildman–Crippen MR) is 36.3 cm³/mol. The van der Waals surface area contributed by atoms with Gasteiger partial charge in [-0.2, -0.15) is 0 Å². The number of carbonyl (C=O) groups is 1. The molecule has 1 aliphatic heterocycles. The Balaban J connectivity index is 2.41. The maximum atomic E-state index is 10.3. The van der Waals surface area contributed by atoms with Crippen molar-refractivity contribution in [2.24, 2.45) is 0 Å². The van der Waals surface area contributed by atoms with E-state index in [-0.39, 0.29) is 6.04 Å². The van der Waals surface area contributed by atoms with Crippen LogP contribution < -0.4 is 0 Å². The molecular formula is C7H13NO. The van der Waals surface area contributed by atoms with Gasteiger partial charge in [0, 0.05) is 0 Å². The van der Waals surface area contributed by atoms with E-state index in [0.717, 1.165) is 25.8 Å². The highest BCUT2D eigenvalue weighted by Crippen LogP contribution is 2.13. The Bertz CT molecular complexity index is 103. The summed E-state index contributed by atoms with van der Waals surface area (Å²) < 4.78 is 0. The van der Waals surface area contributed by atoms with Crippen LogP contribution in [0.1, 0.15) is 19.8 Å². The standard InChI is InChI=1S/C7H13NO/c1-2-8-5-3-4-7(8)6-9/h6-7H,2-5H2,1H3/t7-/m0/s1. The summed E-state index contributed by atoms with van der Waals surface area (Å²) in [6, 6.07) is 0.231. The third-order valence-electron chi connectivity index (χ3n) is 1.98. The third kappa shape index (κ3) is 1.30. The quantitative estimate of drug-likeness (QED) is 0.508. The molecule has 2 heteroatoms. The molecule has 0 spiro atoms. The molecule has 9 heavy (non-hydrogen) atoms. The van der Waals surface area contributed by atoms with Gasteiger partial charge in [0.15, 0.2) is 0 Å². The molecule has 1 rings (SSSR count). The molecule has 0 amide bonds. The second-order valence-corrected chi connectivity index (χ2v) is 2.47. The molecule has 0 aromatic heterocycles. The molecule has 1 fully saturated rings. The van der Waals surface area contributed by atoms with Gasteiger partial charge in [0.2, 0.25) is 0 Å². The maximum absolute atomic E-state index is 10.3. The van der Waals surface area contributed by atoms with E-state index in [1.165, 1.54) is 6.42 Å². The van der Waals surface area contributed by atoms with E-state index in [9.17, 15) is 4.79 Å². The van der Waals surface area contributed by atoms with Crippen molar-refractivity contribution in [1.82, 2.24) is 4.90 Å². The van der Waals surface area contributed by atoms with Gasteiger partial charge in [-0.25, -0.2) is 0 Å². The van der Waals surface area contributed by atoms with E-state index < -0.39 is 0 Å². The Labute approximate surface area is 55.8 Å². The van der Waals surface area contributed by atoms with Crippen LogP contribution in [-0.2, 0) is 4.79 Å². The summed E-state index contributed by atoms with van der Waals surface area (Å²) in [4.78, 5) is 12.6. The number of carbonyl (C=O) groups excluding carboxylic acids is 1. The highest BCUT2D eigenvalue weighted by atomic mass is 16.1. The second-order valence-electron chi connectivity index (χ2n) is 2.47. The average Bonchev–Trinajstić information content (AvgIpc) is 2.33. The summed E-state index contributed by atoms with van der Waals surface area (Å²) in [6.07, 6.45) is 3.32. The van der Waals surface area contributed by atoms with Crippen molar-refractivity contribution in [1.29, 1.82) is 0 Å². The van der Waals surface area contributed by atoms with Gasteiger partial charge in [-0.3, -0.25) is 4.90 Å². The van der Waals surface area contributed by atoms with Crippen LogP contribution >= 0.6 is 0 Å². The monoisotopic (exact) mass is 127 g/mol. The summed E-state index contributed by atoms with van der Waals surface area (Å²) in [6.45, 7) is 4.23. The number of nitrogens with zero attached hydrogens (tertiary/aromatic N) is 1. The lowest BCUT2D eigenvalue weighted by Gasteiger charge is -2.16. The zero-order valence-corrected chi connectivity index (χ0v) is 5.84. The van der Waals surface area contributed by atoms with Crippen LogP contribution in [0.3, 0.4) is 0 Å². The first-order valence-corrected chi connectivity index (χ1v) is 3.58. The van der Waals surface area contributed by atoms with E-state index in [1.807, 2.05) is 0 Å². The Morgan fingerprint density at radius 1 is 1.78 bits per heavy atom. The normalized spacial score (nSPS) is 28.8. The highest BCUT2D eigenvalue weighted by Gasteiger charge is 2.21. The number of aldehydes is 1. The van der Waals surface area contributed by atoms with Crippen LogP contribution in [0.15, 0.2) is 0 Å². The van der Waals surface area contributed by atoms with Gasteiger partial charge in [0.25, 0.3) is 0 Å². The molecule has 1 aliphatic rings. The summed E-state index contributed by atoms with van der Waals surface area (Å²) in [5.74, 6) is 0. The van der Waals surface area contributed by atoms with Crippen LogP contribution in [0.4, 0.5) is 0 Å². The van der Waals surface area contributed by atoms with E-state index in [2.05, 4.69) is 11.8 Å². The van der Waals surface area contributed by atoms with Gasteiger partial charge in [-0.05, 0) is 25.9 Å². The van der Waals surface area contributed by atoms with Gasteiger partial charge < -0.3 is 4.79 Å². The van der Waals surface area contributed by atoms with Gasteiger partial charge in [-0.1, -0.05) is 6.92 Å². The lowest BCUT2D eigenvalue weighted by Crippen LogP contribution is -2.29. The Kier molecular flexibility index (Phi) is 2.22. The molecule has 0 aromatic rings. The number of likely N-dealkylation sites (tertiary alicyclic amines) is 1. The van der Waals surface area contributed by atoms with Crippen molar-refractivity contribution in [3.05, 3.63) is 0 Å². The topological polar surface area (TPSA) is 20.3 Å². The fraction of sp³-hybridized carbons (Fsp3) is 0.857. The SMILES string of the molecule is CCN1CCC[C@H]1C=O. The molecule has 1 saturated heterocycles. The summed E-state index contributed by atoms with van der Waals surface area (Å²) in [5, 5.41) is 0. The fourth-order valence-corrected chi connectivity index (χ4v) is 1.40. The zero-order valence-electron chi connectivity index (χ0n) is 5.84. The summed E-state index contributed by atoms with van der Waals surface area (Å²) in [5.41, 5.74) is 0. The van der Waals surface area contributed by atoms with Crippen molar-refractivity contribution in [2.75, 3.05) is 13.1 Å². The van der Waals surface area contributed by atoms with Crippen LogP contribution in [0, 0.1) is 0 Å². The first kappa shape index (κ1) is 6.75. The van der Waals surface area contributed by atoms with Gasteiger partial charge >= 0.3 is 0 Å². The number of hydrogen-bond donors (Lipinski definition) is 0. The molecule has 0 N–H and O–H groups in total. The van der Waals surface area contributed by atoms with Gasteiger partial charge in [0.05, 0.1) is 6.04 Å². The van der Waals surface area contributed by atoms with E-state index in [1.54, 1.807) is 0 Å². The first-order chi connectivity index (χ1) is 4.38. The van der Waals surface area contributed by atoms with E-state index in [4.69, 9.17) is 0 Å². The Morgan fingerprint density at radius 3 is 3.00 bits per heavy atom. The van der Waals surface area contributed by atoms with Crippen LogP contribution in [0.5, 0.6) is 0 Å². The van der Waals surface area contributed by atoms with E-state index in [0.29, 0.717) is 0 Å². The van der Waals surface area contributed by atoms with Crippen molar-refractivity contribution in [3.8, 4) is 0 Å². The molecule has 0 saturated carbocycles. The molecule has 0 aromatic carbocycles. The second kappa shape index (κ2) is 2.97. The first-order valence-electron chi connectivity index (χ1n) is 3.58. The lowest BCUT2D eigenvalue weighted by molar-refractivity contribution is -0.111. The Morgan fingerprint density at radius 2 is 2.56 bits per heavy atom. The van der Waals surface area contributed by atoms with Crippen molar-refractivity contribution >= 4 is 6.29 Å². The van der Waals surface area contributed by atoms with Crippen molar-refractivity contribution in [2.45, 2.75) is 25.8 Å².